The Labute approximate surface area is 178 Å². The maximum Gasteiger partial charge on any atom is 0.253 e. The van der Waals surface area contributed by atoms with Crippen LogP contribution in [0, 0.1) is 6.92 Å². The van der Waals surface area contributed by atoms with Gasteiger partial charge in [0.2, 0.25) is 10.0 Å². The summed E-state index contributed by atoms with van der Waals surface area (Å²) in [5.41, 5.74) is 1.65. The summed E-state index contributed by atoms with van der Waals surface area (Å²) in [6.45, 7) is 5.44. The maximum atomic E-state index is 12.9. The average molecular weight is 433 g/mol. The van der Waals surface area contributed by atoms with Crippen LogP contribution < -0.4 is 14.2 Å². The third-order valence-electron chi connectivity index (χ3n) is 4.95. The monoisotopic (exact) mass is 432 g/mol. The van der Waals surface area contributed by atoms with Crippen LogP contribution in [0.2, 0.25) is 0 Å². The average Bonchev–Trinajstić information content (AvgIpc) is 2.70. The van der Waals surface area contributed by atoms with Crippen LogP contribution in [0.1, 0.15) is 35.7 Å². The third kappa shape index (κ3) is 5.66. The minimum atomic E-state index is -3.41. The molecule has 0 aromatic heterocycles. The molecule has 2 aromatic rings. The Morgan fingerprint density at radius 3 is 2.43 bits per heavy atom. The molecule has 3 rings (SSSR count). The number of sulfonamides is 1. The predicted octanol–water partition coefficient (Wildman–Crippen LogP) is 3.45. The van der Waals surface area contributed by atoms with Crippen molar-refractivity contribution in [1.82, 2.24) is 4.90 Å². The van der Waals surface area contributed by atoms with E-state index in [-0.39, 0.29) is 12.0 Å². The molecule has 0 aliphatic carbocycles. The number of rotatable bonds is 7. The number of hydrogen-bond donors (Lipinski definition) is 1. The topological polar surface area (TPSA) is 84.9 Å². The van der Waals surface area contributed by atoms with E-state index in [1.165, 1.54) is 0 Å². The molecule has 1 fully saturated rings. The van der Waals surface area contributed by atoms with Crippen LogP contribution in [0.3, 0.4) is 0 Å². The smallest absolute Gasteiger partial charge is 0.253 e. The van der Waals surface area contributed by atoms with Gasteiger partial charge in [-0.2, -0.15) is 0 Å². The number of nitrogens with zero attached hydrogens (tertiary/aromatic N) is 1. The third-order valence-corrected chi connectivity index (χ3v) is 5.54. The van der Waals surface area contributed by atoms with Gasteiger partial charge in [0.15, 0.2) is 11.5 Å². The second-order valence-corrected chi connectivity index (χ2v) is 9.14. The Morgan fingerprint density at radius 2 is 1.80 bits per heavy atom. The van der Waals surface area contributed by atoms with Gasteiger partial charge in [0.1, 0.15) is 6.10 Å². The van der Waals surface area contributed by atoms with Crippen molar-refractivity contribution in [3.8, 4) is 11.5 Å². The molecule has 0 atom stereocenters. The molecule has 1 heterocycles. The van der Waals surface area contributed by atoms with E-state index in [1.807, 2.05) is 31.2 Å². The lowest BCUT2D eigenvalue weighted by atomic mass is 10.0. The molecule has 0 radical (unpaired) electrons. The van der Waals surface area contributed by atoms with Crippen LogP contribution >= 0.6 is 0 Å². The summed E-state index contributed by atoms with van der Waals surface area (Å²) in [6, 6.07) is 12.7. The van der Waals surface area contributed by atoms with Crippen LogP contribution in [-0.4, -0.2) is 51.3 Å². The highest BCUT2D eigenvalue weighted by Gasteiger charge is 2.26. The first-order chi connectivity index (χ1) is 14.3. The number of aryl methyl sites for hydroxylation is 1. The van der Waals surface area contributed by atoms with Gasteiger partial charge >= 0.3 is 0 Å². The molecule has 1 N–H and O–H groups in total. The van der Waals surface area contributed by atoms with Crippen molar-refractivity contribution in [3.05, 3.63) is 53.6 Å². The summed E-state index contributed by atoms with van der Waals surface area (Å²) in [5.74, 6) is 1.34. The van der Waals surface area contributed by atoms with E-state index >= 15 is 0 Å². The standard InChI is InChI=1S/C22H28N2O5S/c1-4-28-20-7-5-6-8-21(20)29-18-11-13-24(14-12-18)22(25)17-10-9-16(2)19(15-17)23-30(3,26)27/h5-10,15,18,23H,4,11-14H2,1-3H3. The summed E-state index contributed by atoms with van der Waals surface area (Å²) >= 11 is 0. The van der Waals surface area contributed by atoms with E-state index in [1.54, 1.807) is 30.0 Å². The number of hydrogen-bond acceptors (Lipinski definition) is 5. The number of amides is 1. The Kier molecular flexibility index (Phi) is 6.87. The molecule has 1 aliphatic rings. The van der Waals surface area contributed by atoms with Gasteiger partial charge in [-0.25, -0.2) is 8.42 Å². The molecule has 1 aliphatic heterocycles. The molecule has 0 saturated carbocycles. The fourth-order valence-corrected chi connectivity index (χ4v) is 4.05. The molecule has 162 valence electrons. The lowest BCUT2D eigenvalue weighted by molar-refractivity contribution is 0.0589. The van der Waals surface area contributed by atoms with Crippen molar-refractivity contribution in [2.75, 3.05) is 30.7 Å². The number of ether oxygens (including phenoxy) is 2. The second-order valence-electron chi connectivity index (χ2n) is 7.39. The number of piperidine rings is 1. The fourth-order valence-electron chi connectivity index (χ4n) is 3.43. The van der Waals surface area contributed by atoms with Crippen LogP contribution in [0.5, 0.6) is 11.5 Å². The molecule has 7 nitrogen and oxygen atoms in total. The normalized spacial score (nSPS) is 15.0. The molecule has 2 aromatic carbocycles. The highest BCUT2D eigenvalue weighted by Crippen LogP contribution is 2.29. The summed E-state index contributed by atoms with van der Waals surface area (Å²) in [4.78, 5) is 14.7. The minimum absolute atomic E-state index is 0.0103. The van der Waals surface area contributed by atoms with Gasteiger partial charge in [-0.3, -0.25) is 9.52 Å². The Balaban J connectivity index is 1.63. The zero-order chi connectivity index (χ0) is 21.7. The lowest BCUT2D eigenvalue weighted by Gasteiger charge is -2.32. The van der Waals surface area contributed by atoms with Crippen molar-refractivity contribution in [2.45, 2.75) is 32.8 Å². The minimum Gasteiger partial charge on any atom is -0.490 e. The van der Waals surface area contributed by atoms with Gasteiger partial charge in [-0.1, -0.05) is 18.2 Å². The highest BCUT2D eigenvalue weighted by molar-refractivity contribution is 7.92. The van der Waals surface area contributed by atoms with Gasteiger partial charge in [0, 0.05) is 31.5 Å². The van der Waals surface area contributed by atoms with Crippen LogP contribution in [0.25, 0.3) is 0 Å². The molecule has 30 heavy (non-hydrogen) atoms. The van der Waals surface area contributed by atoms with Crippen molar-refractivity contribution < 1.29 is 22.7 Å². The van der Waals surface area contributed by atoms with Crippen molar-refractivity contribution >= 4 is 21.6 Å². The SMILES string of the molecule is CCOc1ccccc1OC1CCN(C(=O)c2ccc(C)c(NS(C)(=O)=O)c2)CC1. The summed E-state index contributed by atoms with van der Waals surface area (Å²) < 4.78 is 37.3. The van der Waals surface area contributed by atoms with E-state index < -0.39 is 10.0 Å². The van der Waals surface area contributed by atoms with Crippen molar-refractivity contribution in [1.29, 1.82) is 0 Å². The van der Waals surface area contributed by atoms with Crippen molar-refractivity contribution in [3.63, 3.8) is 0 Å². The van der Waals surface area contributed by atoms with Gasteiger partial charge in [0.05, 0.1) is 18.6 Å². The van der Waals surface area contributed by atoms with Crippen LogP contribution in [0.4, 0.5) is 5.69 Å². The summed E-state index contributed by atoms with van der Waals surface area (Å²) in [5, 5.41) is 0. The van der Waals surface area contributed by atoms with Gasteiger partial charge in [-0.15, -0.1) is 0 Å². The zero-order valence-electron chi connectivity index (χ0n) is 17.6. The maximum absolute atomic E-state index is 12.9. The first kappa shape index (κ1) is 22.0. The molecule has 8 heteroatoms. The molecule has 0 spiro atoms. The number of anilines is 1. The number of carbonyl (C=O) groups is 1. The molecular weight excluding hydrogens is 404 g/mol. The Hall–Kier alpha value is -2.74. The van der Waals surface area contributed by atoms with E-state index in [0.29, 0.717) is 43.8 Å². The van der Waals surface area contributed by atoms with Crippen molar-refractivity contribution in [2.24, 2.45) is 0 Å². The fraction of sp³-hybridized carbons (Fsp3) is 0.409. The molecule has 0 unspecified atom stereocenters. The Morgan fingerprint density at radius 1 is 1.13 bits per heavy atom. The number of nitrogens with one attached hydrogen (secondary N) is 1. The lowest BCUT2D eigenvalue weighted by Crippen LogP contribution is -2.41. The van der Waals surface area contributed by atoms with E-state index in [2.05, 4.69) is 4.72 Å². The summed E-state index contributed by atoms with van der Waals surface area (Å²) in [6.07, 6.45) is 2.53. The second kappa shape index (κ2) is 9.38. The van der Waals surface area contributed by atoms with Gasteiger partial charge in [-0.05, 0) is 43.7 Å². The largest absolute Gasteiger partial charge is 0.490 e. The van der Waals surface area contributed by atoms with Gasteiger partial charge in [0.25, 0.3) is 5.91 Å². The molecular formula is C22H28N2O5S. The molecule has 1 saturated heterocycles. The summed E-state index contributed by atoms with van der Waals surface area (Å²) in [7, 11) is -3.41. The molecule has 0 bridgehead atoms. The van der Waals surface area contributed by atoms with E-state index in [9.17, 15) is 13.2 Å². The molecule has 1 amide bonds. The number of para-hydroxylation sites is 2. The number of likely N-dealkylation sites (tertiary alicyclic amines) is 1. The van der Waals surface area contributed by atoms with E-state index in [4.69, 9.17) is 9.47 Å². The van der Waals surface area contributed by atoms with E-state index in [0.717, 1.165) is 23.3 Å². The zero-order valence-corrected chi connectivity index (χ0v) is 18.4. The highest BCUT2D eigenvalue weighted by atomic mass is 32.2. The number of benzene rings is 2. The quantitative estimate of drug-likeness (QED) is 0.724. The number of carbonyl (C=O) groups excluding carboxylic acids is 1. The first-order valence-corrected chi connectivity index (χ1v) is 11.9. The van der Waals surface area contributed by atoms with Crippen LogP contribution in [-0.2, 0) is 10.0 Å². The first-order valence-electron chi connectivity index (χ1n) is 10.0. The van der Waals surface area contributed by atoms with Gasteiger partial charge < -0.3 is 14.4 Å². The Bertz CT molecular complexity index is 998. The van der Waals surface area contributed by atoms with Crippen LogP contribution in [0.15, 0.2) is 42.5 Å². The predicted molar refractivity (Wildman–Crippen MR) is 117 cm³/mol.